The first-order valence-electron chi connectivity index (χ1n) is 7.05. The smallest absolute Gasteiger partial charge is 0.348 e. The third kappa shape index (κ3) is 3.05. The van der Waals surface area contributed by atoms with Crippen LogP contribution in [0.1, 0.15) is 22.2 Å². The average Bonchev–Trinajstić information content (AvgIpc) is 2.89. The maximum atomic E-state index is 13.3. The van der Waals surface area contributed by atoms with Gasteiger partial charge in [-0.15, -0.1) is 11.3 Å². The van der Waals surface area contributed by atoms with Crippen molar-refractivity contribution in [3.63, 3.8) is 0 Å². The fourth-order valence-electron chi connectivity index (χ4n) is 2.16. The molecule has 24 heavy (non-hydrogen) atoms. The van der Waals surface area contributed by atoms with Gasteiger partial charge < -0.3 is 9.47 Å². The Bertz CT molecular complexity index is 929. The molecule has 2 aromatic heterocycles. The van der Waals surface area contributed by atoms with Gasteiger partial charge in [-0.2, -0.15) is 0 Å². The van der Waals surface area contributed by atoms with Crippen LogP contribution in [0.15, 0.2) is 24.5 Å². The van der Waals surface area contributed by atoms with Gasteiger partial charge in [0, 0.05) is 6.07 Å². The van der Waals surface area contributed by atoms with E-state index in [1.54, 1.807) is 13.8 Å². The summed E-state index contributed by atoms with van der Waals surface area (Å²) in [5.74, 6) is -0.335. The van der Waals surface area contributed by atoms with Crippen LogP contribution in [0.4, 0.5) is 4.39 Å². The molecule has 3 aromatic rings. The van der Waals surface area contributed by atoms with E-state index in [9.17, 15) is 9.18 Å². The van der Waals surface area contributed by atoms with Gasteiger partial charge in [0.05, 0.1) is 17.0 Å². The van der Waals surface area contributed by atoms with Crippen LogP contribution in [-0.4, -0.2) is 22.5 Å². The summed E-state index contributed by atoms with van der Waals surface area (Å²) in [6, 6.07) is 4.02. The Morgan fingerprint density at radius 3 is 2.88 bits per heavy atom. The minimum atomic E-state index is -0.534. The second-order valence-corrected chi connectivity index (χ2v) is 6.22. The zero-order valence-electron chi connectivity index (χ0n) is 12.8. The molecule has 2 heterocycles. The summed E-state index contributed by atoms with van der Waals surface area (Å²) < 4.78 is 24.0. The number of benzene rings is 1. The standard InChI is InChI=1S/C16H12ClFN2O3S/c1-3-22-16(21)13-8(2)12-14(19-7-20-15(12)24-13)23-9-4-5-11(18)10(17)6-9/h4-7H,3H2,1-2H3. The summed E-state index contributed by atoms with van der Waals surface area (Å²) in [5.41, 5.74) is 0.678. The van der Waals surface area contributed by atoms with E-state index in [0.29, 0.717) is 26.4 Å². The Balaban J connectivity index is 2.05. The van der Waals surface area contributed by atoms with E-state index in [1.807, 2.05) is 0 Å². The minimum Gasteiger partial charge on any atom is -0.462 e. The largest absolute Gasteiger partial charge is 0.462 e. The van der Waals surface area contributed by atoms with Crippen LogP contribution in [0, 0.1) is 12.7 Å². The van der Waals surface area contributed by atoms with Crippen molar-refractivity contribution in [2.75, 3.05) is 6.61 Å². The van der Waals surface area contributed by atoms with E-state index in [4.69, 9.17) is 21.1 Å². The number of hydrogen-bond donors (Lipinski definition) is 0. The molecule has 0 amide bonds. The van der Waals surface area contributed by atoms with Crippen molar-refractivity contribution in [2.45, 2.75) is 13.8 Å². The lowest BCUT2D eigenvalue weighted by molar-refractivity contribution is 0.0531. The molecule has 0 bridgehead atoms. The molecule has 0 aliphatic heterocycles. The maximum absolute atomic E-state index is 13.3. The third-order valence-corrected chi connectivity index (χ3v) is 4.73. The molecule has 1 aromatic carbocycles. The third-order valence-electron chi connectivity index (χ3n) is 3.26. The van der Waals surface area contributed by atoms with E-state index in [0.717, 1.165) is 0 Å². The number of aromatic nitrogens is 2. The Kier molecular flexibility index (Phi) is 4.64. The molecule has 0 unspecified atom stereocenters. The number of fused-ring (bicyclic) bond motifs is 1. The van der Waals surface area contributed by atoms with Gasteiger partial charge in [0.15, 0.2) is 0 Å². The van der Waals surface area contributed by atoms with Gasteiger partial charge in [-0.3, -0.25) is 0 Å². The van der Waals surface area contributed by atoms with Gasteiger partial charge in [0.1, 0.15) is 27.6 Å². The highest BCUT2D eigenvalue weighted by Gasteiger charge is 2.21. The van der Waals surface area contributed by atoms with Crippen molar-refractivity contribution in [1.29, 1.82) is 0 Å². The molecule has 0 spiro atoms. The zero-order chi connectivity index (χ0) is 17.3. The summed E-state index contributed by atoms with van der Waals surface area (Å²) in [6.07, 6.45) is 1.34. The fourth-order valence-corrected chi connectivity index (χ4v) is 3.36. The summed E-state index contributed by atoms with van der Waals surface area (Å²) in [5, 5.41) is 0.568. The van der Waals surface area contributed by atoms with Crippen molar-refractivity contribution in [3.05, 3.63) is 45.8 Å². The molecule has 0 saturated heterocycles. The quantitative estimate of drug-likeness (QED) is 0.623. The van der Waals surface area contributed by atoms with Crippen LogP contribution in [0.5, 0.6) is 11.6 Å². The number of thiophene rings is 1. The molecule has 3 rings (SSSR count). The van der Waals surface area contributed by atoms with E-state index in [1.165, 1.54) is 35.9 Å². The van der Waals surface area contributed by atoms with Crippen molar-refractivity contribution < 1.29 is 18.7 Å². The molecule has 0 atom stereocenters. The normalized spacial score (nSPS) is 10.8. The Hall–Kier alpha value is -2.25. The maximum Gasteiger partial charge on any atom is 0.348 e. The SMILES string of the molecule is CCOC(=O)c1sc2ncnc(Oc3ccc(F)c(Cl)c3)c2c1C. The molecule has 0 N–H and O–H groups in total. The summed E-state index contributed by atoms with van der Waals surface area (Å²) in [6.45, 7) is 3.81. The lowest BCUT2D eigenvalue weighted by Crippen LogP contribution is -2.03. The number of nitrogens with zero attached hydrogens (tertiary/aromatic N) is 2. The number of esters is 1. The van der Waals surface area contributed by atoms with E-state index < -0.39 is 11.8 Å². The molecule has 124 valence electrons. The Morgan fingerprint density at radius 2 is 2.17 bits per heavy atom. The Morgan fingerprint density at radius 1 is 1.38 bits per heavy atom. The number of ether oxygens (including phenoxy) is 2. The van der Waals surface area contributed by atoms with Gasteiger partial charge >= 0.3 is 5.97 Å². The fraction of sp³-hybridized carbons (Fsp3) is 0.188. The highest BCUT2D eigenvalue weighted by atomic mass is 35.5. The molecule has 5 nitrogen and oxygen atoms in total. The van der Waals surface area contributed by atoms with Crippen LogP contribution in [0.3, 0.4) is 0 Å². The molecule has 0 radical (unpaired) electrons. The van der Waals surface area contributed by atoms with Crippen LogP contribution < -0.4 is 4.74 Å². The molecule has 0 saturated carbocycles. The van der Waals surface area contributed by atoms with Crippen molar-refractivity contribution in [1.82, 2.24) is 9.97 Å². The first kappa shape index (κ1) is 16.6. The topological polar surface area (TPSA) is 61.3 Å². The van der Waals surface area contributed by atoms with Gasteiger partial charge in [-0.05, 0) is 31.5 Å². The van der Waals surface area contributed by atoms with Crippen LogP contribution >= 0.6 is 22.9 Å². The lowest BCUT2D eigenvalue weighted by Gasteiger charge is -2.07. The molecule has 8 heteroatoms. The molecule has 0 fully saturated rings. The molecular weight excluding hydrogens is 355 g/mol. The van der Waals surface area contributed by atoms with Crippen molar-refractivity contribution in [2.24, 2.45) is 0 Å². The summed E-state index contributed by atoms with van der Waals surface area (Å²) in [7, 11) is 0. The number of rotatable bonds is 4. The van der Waals surface area contributed by atoms with Crippen molar-refractivity contribution >= 4 is 39.1 Å². The first-order valence-corrected chi connectivity index (χ1v) is 8.24. The molecule has 0 aliphatic rings. The van der Waals surface area contributed by atoms with Gasteiger partial charge in [-0.25, -0.2) is 19.2 Å². The number of aryl methyl sites for hydroxylation is 1. The number of carbonyl (C=O) groups excluding carboxylic acids is 1. The molecular formula is C16H12ClFN2O3S. The minimum absolute atomic E-state index is 0.0490. The monoisotopic (exact) mass is 366 g/mol. The second kappa shape index (κ2) is 6.70. The highest BCUT2D eigenvalue weighted by Crippen LogP contribution is 2.37. The molecule has 0 aliphatic carbocycles. The van der Waals surface area contributed by atoms with Gasteiger partial charge in [0.25, 0.3) is 0 Å². The van der Waals surface area contributed by atoms with Crippen molar-refractivity contribution in [3.8, 4) is 11.6 Å². The van der Waals surface area contributed by atoms with Crippen LogP contribution in [0.2, 0.25) is 5.02 Å². The predicted octanol–water partition coefficient (Wildman–Crippen LogP) is 4.76. The predicted molar refractivity (Wildman–Crippen MR) is 89.6 cm³/mol. The van der Waals surface area contributed by atoms with E-state index in [-0.39, 0.29) is 17.5 Å². The van der Waals surface area contributed by atoms with E-state index >= 15 is 0 Å². The summed E-state index contributed by atoms with van der Waals surface area (Å²) in [4.78, 5) is 21.4. The van der Waals surface area contributed by atoms with E-state index in [2.05, 4.69) is 9.97 Å². The summed E-state index contributed by atoms with van der Waals surface area (Å²) >= 11 is 6.97. The number of carbonyl (C=O) groups is 1. The zero-order valence-corrected chi connectivity index (χ0v) is 14.4. The van der Waals surface area contributed by atoms with Crippen LogP contribution in [-0.2, 0) is 4.74 Å². The van der Waals surface area contributed by atoms with Gasteiger partial charge in [0.2, 0.25) is 5.88 Å². The Labute approximate surface area is 146 Å². The first-order chi connectivity index (χ1) is 11.5. The average molecular weight is 367 g/mol. The lowest BCUT2D eigenvalue weighted by atomic mass is 10.2. The van der Waals surface area contributed by atoms with Gasteiger partial charge in [-0.1, -0.05) is 11.6 Å². The highest BCUT2D eigenvalue weighted by molar-refractivity contribution is 7.20. The number of halogens is 2. The second-order valence-electron chi connectivity index (χ2n) is 4.81. The van der Waals surface area contributed by atoms with Crippen LogP contribution in [0.25, 0.3) is 10.2 Å². The number of hydrogen-bond acceptors (Lipinski definition) is 6.